The van der Waals surface area contributed by atoms with Crippen LogP contribution >= 0.6 is 23.4 Å². The van der Waals surface area contributed by atoms with E-state index in [0.717, 1.165) is 23.1 Å². The lowest BCUT2D eigenvalue weighted by atomic mass is 10.2. The molecule has 0 bridgehead atoms. The number of hydrogen-bond acceptors (Lipinski definition) is 2. The maximum Gasteiger partial charge on any atom is 0.104 e. The van der Waals surface area contributed by atoms with Gasteiger partial charge in [0, 0.05) is 23.2 Å². The lowest BCUT2D eigenvalue weighted by Crippen LogP contribution is -1.86. The number of benzene rings is 1. The summed E-state index contributed by atoms with van der Waals surface area (Å²) < 4.78 is 0. The molecule has 3 heteroatoms. The monoisotopic (exact) mass is 237 g/mol. The minimum atomic E-state index is 0.720. The number of halogens is 1. The molecule has 0 unspecified atom stereocenters. The molecule has 0 N–H and O–H groups in total. The summed E-state index contributed by atoms with van der Waals surface area (Å²) in [6.07, 6.45) is 2.89. The number of rotatable bonds is 4. The molecule has 0 amide bonds. The van der Waals surface area contributed by atoms with E-state index in [1.165, 1.54) is 10.8 Å². The molecule has 2 aromatic rings. The van der Waals surface area contributed by atoms with E-state index >= 15 is 0 Å². The Bertz CT molecular complexity index is 439. The summed E-state index contributed by atoms with van der Waals surface area (Å²) in [6.45, 7) is 0. The molecule has 78 valence electrons. The fourth-order valence-corrected chi connectivity index (χ4v) is 2.68. The van der Waals surface area contributed by atoms with Crippen molar-refractivity contribution in [1.82, 2.24) is 4.98 Å². The van der Waals surface area contributed by atoms with Crippen molar-refractivity contribution in [1.29, 1.82) is 0 Å². The summed E-state index contributed by atoms with van der Waals surface area (Å²) in [4.78, 5) is 4.40. The van der Waals surface area contributed by atoms with Crippen LogP contribution in [0, 0.1) is 0 Å². The van der Waals surface area contributed by atoms with E-state index < -0.39 is 0 Å². The molecule has 0 aliphatic carbocycles. The van der Waals surface area contributed by atoms with Gasteiger partial charge < -0.3 is 0 Å². The Hall–Kier alpha value is -0.730. The Morgan fingerprint density at radius 1 is 1.20 bits per heavy atom. The molecule has 2 rings (SSSR count). The molecule has 1 heterocycles. The topological polar surface area (TPSA) is 12.9 Å². The van der Waals surface area contributed by atoms with Crippen molar-refractivity contribution in [3.8, 4) is 0 Å². The van der Waals surface area contributed by atoms with Crippen molar-refractivity contribution < 1.29 is 0 Å². The Morgan fingerprint density at radius 3 is 2.93 bits per heavy atom. The number of fused-ring (bicyclic) bond motifs is 1. The average Bonchev–Trinajstić information content (AvgIpc) is 2.30. The van der Waals surface area contributed by atoms with E-state index in [0.29, 0.717) is 0 Å². The zero-order valence-electron chi connectivity index (χ0n) is 8.32. The zero-order chi connectivity index (χ0) is 10.5. The number of aromatic nitrogens is 1. The molecule has 0 aliphatic heterocycles. The van der Waals surface area contributed by atoms with Gasteiger partial charge in [-0.3, -0.25) is 0 Å². The predicted octanol–water partition coefficient (Wildman–Crippen LogP) is 3.96. The molecule has 15 heavy (non-hydrogen) atoms. The van der Waals surface area contributed by atoms with Gasteiger partial charge in [-0.25, -0.2) is 4.98 Å². The van der Waals surface area contributed by atoms with Gasteiger partial charge in [0.2, 0.25) is 0 Å². The minimum absolute atomic E-state index is 0.720. The molecular formula is C12H12ClNS. The summed E-state index contributed by atoms with van der Waals surface area (Å²) in [5, 5.41) is 3.60. The van der Waals surface area contributed by atoms with E-state index in [4.69, 9.17) is 11.6 Å². The van der Waals surface area contributed by atoms with Crippen molar-refractivity contribution in [2.24, 2.45) is 0 Å². The van der Waals surface area contributed by atoms with Gasteiger partial charge in [0.25, 0.3) is 0 Å². The van der Waals surface area contributed by atoms with Gasteiger partial charge in [0.05, 0.1) is 0 Å². The molecule has 0 aliphatic rings. The van der Waals surface area contributed by atoms with E-state index in [9.17, 15) is 0 Å². The van der Waals surface area contributed by atoms with Gasteiger partial charge in [0.1, 0.15) is 5.03 Å². The van der Waals surface area contributed by atoms with Crippen LogP contribution in [0.1, 0.15) is 6.42 Å². The van der Waals surface area contributed by atoms with Gasteiger partial charge >= 0.3 is 0 Å². The van der Waals surface area contributed by atoms with Crippen LogP contribution in [0.2, 0.25) is 0 Å². The van der Waals surface area contributed by atoms with Crippen molar-refractivity contribution in [2.75, 3.05) is 11.6 Å². The van der Waals surface area contributed by atoms with Crippen molar-refractivity contribution in [3.63, 3.8) is 0 Å². The third-order valence-corrected chi connectivity index (χ3v) is 3.51. The number of alkyl halides is 1. The first kappa shape index (κ1) is 10.8. The van der Waals surface area contributed by atoms with E-state index in [1.807, 2.05) is 12.3 Å². The second kappa shape index (κ2) is 5.38. The van der Waals surface area contributed by atoms with Gasteiger partial charge in [-0.15, -0.1) is 23.4 Å². The molecule has 0 atom stereocenters. The minimum Gasteiger partial charge on any atom is -0.249 e. The summed E-state index contributed by atoms with van der Waals surface area (Å²) in [6, 6.07) is 10.4. The molecule has 0 spiro atoms. The summed E-state index contributed by atoms with van der Waals surface area (Å²) in [7, 11) is 0. The number of thioether (sulfide) groups is 1. The highest BCUT2D eigenvalue weighted by Crippen LogP contribution is 2.25. The Balaban J connectivity index is 2.26. The molecule has 1 aromatic carbocycles. The van der Waals surface area contributed by atoms with Crippen LogP contribution in [-0.4, -0.2) is 16.6 Å². The summed E-state index contributed by atoms with van der Waals surface area (Å²) in [5.41, 5.74) is 0. The van der Waals surface area contributed by atoms with E-state index in [2.05, 4.69) is 29.2 Å². The second-order valence-electron chi connectivity index (χ2n) is 3.23. The van der Waals surface area contributed by atoms with Crippen LogP contribution in [-0.2, 0) is 0 Å². The Labute approximate surface area is 98.9 Å². The average molecular weight is 238 g/mol. The Kier molecular flexibility index (Phi) is 3.87. The first-order valence-electron chi connectivity index (χ1n) is 4.94. The third-order valence-electron chi connectivity index (χ3n) is 2.15. The summed E-state index contributed by atoms with van der Waals surface area (Å²) in [5.74, 6) is 1.75. The first-order chi connectivity index (χ1) is 7.42. The number of nitrogens with zero attached hydrogens (tertiary/aromatic N) is 1. The van der Waals surface area contributed by atoms with Crippen LogP contribution in [0.15, 0.2) is 41.6 Å². The lowest BCUT2D eigenvalue weighted by molar-refractivity contribution is 1.10. The molecule has 0 saturated heterocycles. The highest BCUT2D eigenvalue weighted by molar-refractivity contribution is 7.99. The van der Waals surface area contributed by atoms with Crippen LogP contribution < -0.4 is 0 Å². The fourth-order valence-electron chi connectivity index (χ4n) is 1.43. The van der Waals surface area contributed by atoms with E-state index in [-0.39, 0.29) is 0 Å². The zero-order valence-corrected chi connectivity index (χ0v) is 9.89. The molecule has 0 radical (unpaired) electrons. The summed E-state index contributed by atoms with van der Waals surface area (Å²) >= 11 is 7.43. The number of hydrogen-bond donors (Lipinski definition) is 0. The maximum absolute atomic E-state index is 5.65. The lowest BCUT2D eigenvalue weighted by Gasteiger charge is -2.03. The quantitative estimate of drug-likeness (QED) is 0.454. The van der Waals surface area contributed by atoms with Crippen molar-refractivity contribution in [3.05, 3.63) is 36.5 Å². The smallest absolute Gasteiger partial charge is 0.104 e. The fraction of sp³-hybridized carbons (Fsp3) is 0.250. The van der Waals surface area contributed by atoms with Gasteiger partial charge in [-0.2, -0.15) is 0 Å². The van der Waals surface area contributed by atoms with Crippen molar-refractivity contribution >= 4 is 34.1 Å². The molecule has 0 saturated carbocycles. The highest BCUT2D eigenvalue weighted by atomic mass is 35.5. The van der Waals surface area contributed by atoms with Gasteiger partial charge in [0.15, 0.2) is 0 Å². The van der Waals surface area contributed by atoms with Gasteiger partial charge in [-0.05, 0) is 17.9 Å². The SMILES string of the molecule is ClCCCSc1nccc2ccccc12. The normalized spacial score (nSPS) is 10.7. The van der Waals surface area contributed by atoms with E-state index in [1.54, 1.807) is 11.8 Å². The molecule has 1 aromatic heterocycles. The molecule has 1 nitrogen and oxygen atoms in total. The Morgan fingerprint density at radius 2 is 2.07 bits per heavy atom. The first-order valence-corrected chi connectivity index (χ1v) is 6.46. The maximum atomic E-state index is 5.65. The third kappa shape index (κ3) is 2.64. The van der Waals surface area contributed by atoms with Gasteiger partial charge in [-0.1, -0.05) is 24.3 Å². The van der Waals surface area contributed by atoms with Crippen LogP contribution in [0.4, 0.5) is 0 Å². The largest absolute Gasteiger partial charge is 0.249 e. The standard InChI is InChI=1S/C12H12ClNS/c13-7-3-9-15-12-11-5-2-1-4-10(11)6-8-14-12/h1-2,4-6,8H,3,7,9H2. The predicted molar refractivity (Wildman–Crippen MR) is 67.8 cm³/mol. The second-order valence-corrected chi connectivity index (χ2v) is 4.69. The van der Waals surface area contributed by atoms with Crippen LogP contribution in [0.25, 0.3) is 10.8 Å². The van der Waals surface area contributed by atoms with Crippen LogP contribution in [0.3, 0.4) is 0 Å². The van der Waals surface area contributed by atoms with Crippen molar-refractivity contribution in [2.45, 2.75) is 11.4 Å². The number of pyridine rings is 1. The highest BCUT2D eigenvalue weighted by Gasteiger charge is 2.01. The molecular weight excluding hydrogens is 226 g/mol. The molecule has 0 fully saturated rings. The van der Waals surface area contributed by atoms with Crippen LogP contribution in [0.5, 0.6) is 0 Å².